The van der Waals surface area contributed by atoms with Crippen molar-refractivity contribution < 1.29 is 19.5 Å². The van der Waals surface area contributed by atoms with E-state index < -0.39 is 36.5 Å². The minimum Gasteiger partial charge on any atom is -0.394 e. The Bertz CT molecular complexity index is 552. The highest BCUT2D eigenvalue weighted by Crippen LogP contribution is 2.08. The minimum absolute atomic E-state index is 0.0426. The normalized spacial score (nSPS) is 14.8. The van der Waals surface area contributed by atoms with Gasteiger partial charge in [0.2, 0.25) is 17.7 Å². The predicted octanol–water partition coefficient (Wildman–Crippen LogP) is -2.23. The van der Waals surface area contributed by atoms with Crippen LogP contribution in [0.4, 0.5) is 0 Å². The van der Waals surface area contributed by atoms with E-state index in [1.165, 1.54) is 0 Å². The highest BCUT2D eigenvalue weighted by atomic mass is 16.3. The quantitative estimate of drug-likeness (QED) is 0.0950. The van der Waals surface area contributed by atoms with Crippen LogP contribution in [0, 0.1) is 5.92 Å². The van der Waals surface area contributed by atoms with Gasteiger partial charge in [-0.1, -0.05) is 20.3 Å². The van der Waals surface area contributed by atoms with Crippen LogP contribution in [0.1, 0.15) is 40.0 Å². The van der Waals surface area contributed by atoms with E-state index in [2.05, 4.69) is 26.3 Å². The number of aliphatic hydroxyl groups is 1. The number of nitrogens with one attached hydrogen (secondary N) is 4. The van der Waals surface area contributed by atoms with Gasteiger partial charge in [-0.15, -0.1) is 0 Å². The molecule has 0 aromatic carbocycles. The molecule has 3 amide bonds. The van der Waals surface area contributed by atoms with Gasteiger partial charge in [0.05, 0.1) is 12.6 Å². The molecule has 0 radical (unpaired) electrons. The fourth-order valence-electron chi connectivity index (χ4n) is 2.71. The van der Waals surface area contributed by atoms with Crippen molar-refractivity contribution in [1.82, 2.24) is 21.3 Å². The molecule has 4 atom stereocenters. The zero-order chi connectivity index (χ0) is 22.4. The summed E-state index contributed by atoms with van der Waals surface area (Å²) in [4.78, 5) is 41.1. The number of carbonyl (C=O) groups is 3. The maximum Gasteiger partial charge on any atom is 0.245 e. The van der Waals surface area contributed by atoms with E-state index >= 15 is 0 Å². The fourth-order valence-corrected chi connectivity index (χ4v) is 2.71. The number of rotatable bonds is 14. The fraction of sp³-hybridized carbons (Fsp3) is 0.778. The second-order valence-corrected chi connectivity index (χ2v) is 6.80. The van der Waals surface area contributed by atoms with E-state index in [-0.39, 0.29) is 17.8 Å². The molecule has 0 rings (SSSR count). The highest BCUT2D eigenvalue weighted by Gasteiger charge is 2.29. The molecule has 0 saturated carbocycles. The molecular weight excluding hydrogens is 378 g/mol. The lowest BCUT2D eigenvalue weighted by Crippen LogP contribution is -2.58. The van der Waals surface area contributed by atoms with Gasteiger partial charge in [-0.05, 0) is 32.7 Å². The van der Waals surface area contributed by atoms with Crippen molar-refractivity contribution in [3.63, 3.8) is 0 Å². The van der Waals surface area contributed by atoms with E-state index in [9.17, 15) is 19.5 Å². The van der Waals surface area contributed by atoms with E-state index in [4.69, 9.17) is 11.5 Å². The number of nitrogens with two attached hydrogens (primary N) is 2. The monoisotopic (exact) mass is 415 g/mol. The van der Waals surface area contributed by atoms with Crippen molar-refractivity contribution in [2.24, 2.45) is 22.4 Å². The maximum atomic E-state index is 12.6. The molecule has 0 aliphatic rings. The van der Waals surface area contributed by atoms with Gasteiger partial charge in [0.1, 0.15) is 12.1 Å². The first-order chi connectivity index (χ1) is 13.7. The molecule has 0 bridgehead atoms. The molecule has 0 aromatic rings. The molecule has 9 N–H and O–H groups in total. The van der Waals surface area contributed by atoms with Gasteiger partial charge in [0.25, 0.3) is 0 Å². The molecule has 168 valence electrons. The molecule has 11 nitrogen and oxygen atoms in total. The summed E-state index contributed by atoms with van der Waals surface area (Å²) in [6.07, 6.45) is 1.53. The molecular formula is C18H37N7O4. The van der Waals surface area contributed by atoms with Gasteiger partial charge in [-0.2, -0.15) is 0 Å². The van der Waals surface area contributed by atoms with Crippen LogP contribution < -0.4 is 32.7 Å². The number of carbonyl (C=O) groups excluding carboxylic acids is 3. The molecule has 0 saturated heterocycles. The average Bonchev–Trinajstić information content (AvgIpc) is 2.68. The summed E-state index contributed by atoms with van der Waals surface area (Å²) in [5.41, 5.74) is 10.5. The highest BCUT2D eigenvalue weighted by molar-refractivity contribution is 5.93. The van der Waals surface area contributed by atoms with Gasteiger partial charge in [-0.25, -0.2) is 0 Å². The lowest BCUT2D eigenvalue weighted by Gasteiger charge is -2.25. The Balaban J connectivity index is 5.04. The van der Waals surface area contributed by atoms with Crippen LogP contribution in [0.3, 0.4) is 0 Å². The minimum atomic E-state index is -1.17. The molecule has 0 aliphatic carbocycles. The number of aliphatic imine (C=N–C) groups is 1. The summed E-state index contributed by atoms with van der Waals surface area (Å²) < 4.78 is 0. The molecule has 0 spiro atoms. The summed E-state index contributed by atoms with van der Waals surface area (Å²) in [5.74, 6) is -1.40. The third-order valence-electron chi connectivity index (χ3n) is 4.55. The third kappa shape index (κ3) is 10.1. The summed E-state index contributed by atoms with van der Waals surface area (Å²) in [7, 11) is 1.66. The molecule has 29 heavy (non-hydrogen) atoms. The maximum absolute atomic E-state index is 12.6. The SMILES string of the molecule is CCNC(=O)C(CCCN=C(N)N)NC(=O)C(CO)NC(=O)C(NC)C(C)CC. The predicted molar refractivity (Wildman–Crippen MR) is 112 cm³/mol. The molecule has 0 aromatic heterocycles. The van der Waals surface area contributed by atoms with Crippen molar-refractivity contribution in [3.8, 4) is 0 Å². The zero-order valence-corrected chi connectivity index (χ0v) is 17.8. The van der Waals surface area contributed by atoms with Gasteiger partial charge in [0.15, 0.2) is 5.96 Å². The smallest absolute Gasteiger partial charge is 0.245 e. The lowest BCUT2D eigenvalue weighted by molar-refractivity contribution is -0.133. The number of hydrogen-bond acceptors (Lipinski definition) is 6. The summed E-state index contributed by atoms with van der Waals surface area (Å²) in [5, 5.41) is 20.3. The Morgan fingerprint density at radius 2 is 1.66 bits per heavy atom. The average molecular weight is 416 g/mol. The van der Waals surface area contributed by atoms with Crippen molar-refractivity contribution in [3.05, 3.63) is 0 Å². The Hall–Kier alpha value is -2.40. The van der Waals surface area contributed by atoms with E-state index in [0.717, 1.165) is 6.42 Å². The van der Waals surface area contributed by atoms with Crippen LogP contribution in [0.25, 0.3) is 0 Å². The number of amides is 3. The van der Waals surface area contributed by atoms with Gasteiger partial charge >= 0.3 is 0 Å². The van der Waals surface area contributed by atoms with Crippen LogP contribution >= 0.6 is 0 Å². The largest absolute Gasteiger partial charge is 0.394 e. The lowest BCUT2D eigenvalue weighted by atomic mass is 9.98. The first-order valence-corrected chi connectivity index (χ1v) is 9.93. The third-order valence-corrected chi connectivity index (χ3v) is 4.55. The molecule has 0 aliphatic heterocycles. The number of aliphatic hydroxyl groups excluding tert-OH is 1. The Labute approximate surface area is 172 Å². The van der Waals surface area contributed by atoms with Crippen LogP contribution in [0.5, 0.6) is 0 Å². The van der Waals surface area contributed by atoms with Gasteiger partial charge < -0.3 is 37.8 Å². The number of nitrogens with zero attached hydrogens (tertiary/aromatic N) is 1. The Morgan fingerprint density at radius 3 is 2.14 bits per heavy atom. The first-order valence-electron chi connectivity index (χ1n) is 9.93. The van der Waals surface area contributed by atoms with Crippen molar-refractivity contribution in [2.75, 3.05) is 26.7 Å². The number of guanidine groups is 1. The first kappa shape index (κ1) is 26.6. The Morgan fingerprint density at radius 1 is 1.03 bits per heavy atom. The summed E-state index contributed by atoms with van der Waals surface area (Å²) in [6, 6.07) is -2.50. The van der Waals surface area contributed by atoms with Crippen molar-refractivity contribution in [1.29, 1.82) is 0 Å². The molecule has 4 unspecified atom stereocenters. The van der Waals surface area contributed by atoms with E-state index in [1.807, 2.05) is 13.8 Å². The Kier molecular flexibility index (Phi) is 13.4. The van der Waals surface area contributed by atoms with Gasteiger partial charge in [-0.3, -0.25) is 19.4 Å². The molecule has 11 heteroatoms. The van der Waals surface area contributed by atoms with E-state index in [1.54, 1.807) is 14.0 Å². The van der Waals surface area contributed by atoms with Crippen molar-refractivity contribution >= 4 is 23.7 Å². The number of likely N-dealkylation sites (N-methyl/N-ethyl adjacent to an activating group) is 2. The van der Waals surface area contributed by atoms with Crippen LogP contribution in [-0.2, 0) is 14.4 Å². The zero-order valence-electron chi connectivity index (χ0n) is 17.8. The summed E-state index contributed by atoms with van der Waals surface area (Å²) in [6.45, 7) is 5.75. The van der Waals surface area contributed by atoms with Crippen molar-refractivity contribution in [2.45, 2.75) is 58.2 Å². The van der Waals surface area contributed by atoms with Crippen LogP contribution in [-0.4, -0.2) is 73.7 Å². The molecule has 0 heterocycles. The standard InChI is InChI=1S/C18H37N7O4/c1-5-11(3)14(21-4)17(29)25-13(10-26)16(28)24-12(15(27)22-6-2)8-7-9-23-18(19)20/h11-14,21,26H,5-10H2,1-4H3,(H,22,27)(H,24,28)(H,25,29)(H4,19,20,23). The second kappa shape index (κ2) is 14.6. The number of hydrogen-bond donors (Lipinski definition) is 7. The second-order valence-electron chi connectivity index (χ2n) is 6.80. The van der Waals surface area contributed by atoms with E-state index in [0.29, 0.717) is 25.9 Å². The topological polar surface area (TPSA) is 184 Å². The van der Waals surface area contributed by atoms with Crippen LogP contribution in [0.15, 0.2) is 4.99 Å². The van der Waals surface area contributed by atoms with Gasteiger partial charge in [0, 0.05) is 13.1 Å². The summed E-state index contributed by atoms with van der Waals surface area (Å²) >= 11 is 0. The molecule has 0 fully saturated rings. The van der Waals surface area contributed by atoms with Crippen LogP contribution in [0.2, 0.25) is 0 Å².